The molecule has 0 aliphatic heterocycles. The third kappa shape index (κ3) is 3.65. The molecule has 100 valence electrons. The van der Waals surface area contributed by atoms with Crippen LogP contribution >= 0.6 is 0 Å². The van der Waals surface area contributed by atoms with Gasteiger partial charge in [0, 0.05) is 12.0 Å². The van der Waals surface area contributed by atoms with Crippen LogP contribution in [0, 0.1) is 0 Å². The highest BCUT2D eigenvalue weighted by Crippen LogP contribution is 2.17. The van der Waals surface area contributed by atoms with Crippen LogP contribution in [-0.4, -0.2) is 27.4 Å². The van der Waals surface area contributed by atoms with Gasteiger partial charge in [-0.05, 0) is 24.0 Å². The van der Waals surface area contributed by atoms with Crippen LogP contribution in [0.1, 0.15) is 32.1 Å². The molecule has 0 bridgehead atoms. The predicted octanol–water partition coefficient (Wildman–Crippen LogP) is 1.15. The predicted molar refractivity (Wildman–Crippen MR) is 72.8 cm³/mol. The molecule has 5 nitrogen and oxygen atoms in total. The van der Waals surface area contributed by atoms with Crippen molar-refractivity contribution in [1.29, 1.82) is 0 Å². The fourth-order valence-corrected chi connectivity index (χ4v) is 1.80. The Bertz CT molecular complexity index is 511. The zero-order valence-corrected chi connectivity index (χ0v) is 10.9. The molecule has 2 N–H and O–H groups in total. The number of unbranched alkanes of at least 4 members (excludes halogenated alkanes) is 2. The van der Waals surface area contributed by atoms with Crippen LogP contribution in [0.5, 0.6) is 0 Å². The molecule has 0 atom stereocenters. The van der Waals surface area contributed by atoms with Crippen molar-refractivity contribution in [1.82, 2.24) is 10.2 Å². The Morgan fingerprint density at radius 2 is 1.84 bits per heavy atom. The molecular formula is C13H17BN2O3. The molecule has 6 heteroatoms. The maximum atomic E-state index is 9.01. The lowest BCUT2D eigenvalue weighted by Crippen LogP contribution is -2.29. The van der Waals surface area contributed by atoms with Gasteiger partial charge in [-0.15, -0.1) is 10.2 Å². The Balaban J connectivity index is 2.05. The topological polar surface area (TPSA) is 79.4 Å². The van der Waals surface area contributed by atoms with E-state index in [4.69, 9.17) is 14.5 Å². The van der Waals surface area contributed by atoms with Crippen LogP contribution in [0.15, 0.2) is 28.7 Å². The first-order valence-electron chi connectivity index (χ1n) is 6.49. The standard InChI is InChI=1S/C13H17BN2O3/c1-2-3-4-5-12-15-16-13(19-12)10-6-8-11(9-7-10)14(17)18/h6-9,17-18H,2-5H2,1H3. The van der Waals surface area contributed by atoms with Gasteiger partial charge in [0.1, 0.15) is 0 Å². The molecular weight excluding hydrogens is 243 g/mol. The highest BCUT2D eigenvalue weighted by molar-refractivity contribution is 6.58. The average molecular weight is 260 g/mol. The van der Waals surface area contributed by atoms with E-state index in [2.05, 4.69) is 17.1 Å². The van der Waals surface area contributed by atoms with Crippen LogP contribution in [0.3, 0.4) is 0 Å². The summed E-state index contributed by atoms with van der Waals surface area (Å²) in [6.07, 6.45) is 4.16. The number of aryl methyl sites for hydroxylation is 1. The summed E-state index contributed by atoms with van der Waals surface area (Å²) in [5.41, 5.74) is 1.21. The molecule has 2 rings (SSSR count). The van der Waals surface area contributed by atoms with Crippen LogP contribution in [0.2, 0.25) is 0 Å². The lowest BCUT2D eigenvalue weighted by molar-refractivity contribution is 0.426. The largest absolute Gasteiger partial charge is 0.488 e. The van der Waals surface area contributed by atoms with Crippen molar-refractivity contribution in [2.45, 2.75) is 32.6 Å². The van der Waals surface area contributed by atoms with Crippen molar-refractivity contribution in [2.75, 3.05) is 0 Å². The first kappa shape index (κ1) is 13.8. The summed E-state index contributed by atoms with van der Waals surface area (Å²) in [4.78, 5) is 0. The SMILES string of the molecule is CCCCCc1nnc(-c2ccc(B(O)O)cc2)o1. The van der Waals surface area contributed by atoms with Gasteiger partial charge < -0.3 is 14.5 Å². The van der Waals surface area contributed by atoms with E-state index >= 15 is 0 Å². The molecule has 19 heavy (non-hydrogen) atoms. The van der Waals surface area contributed by atoms with Gasteiger partial charge in [0.2, 0.25) is 11.8 Å². The minimum absolute atomic E-state index is 0.437. The highest BCUT2D eigenvalue weighted by Gasteiger charge is 2.12. The number of benzene rings is 1. The lowest BCUT2D eigenvalue weighted by atomic mass is 9.80. The maximum absolute atomic E-state index is 9.01. The van der Waals surface area contributed by atoms with Crippen molar-refractivity contribution < 1.29 is 14.5 Å². The van der Waals surface area contributed by atoms with Crippen molar-refractivity contribution in [3.63, 3.8) is 0 Å². The van der Waals surface area contributed by atoms with Crippen molar-refractivity contribution >= 4 is 12.6 Å². The highest BCUT2D eigenvalue weighted by atomic mass is 16.4. The summed E-state index contributed by atoms with van der Waals surface area (Å²) in [7, 11) is -1.46. The van der Waals surface area contributed by atoms with Gasteiger partial charge in [-0.2, -0.15) is 0 Å². The summed E-state index contributed by atoms with van der Waals surface area (Å²) in [6.45, 7) is 2.15. The molecule has 0 aliphatic carbocycles. The normalized spacial score (nSPS) is 10.7. The average Bonchev–Trinajstić information content (AvgIpc) is 2.88. The molecule has 0 unspecified atom stereocenters. The van der Waals surface area contributed by atoms with Gasteiger partial charge in [0.05, 0.1) is 0 Å². The molecule has 1 heterocycles. The Labute approximate surface area is 112 Å². The van der Waals surface area contributed by atoms with E-state index in [-0.39, 0.29) is 0 Å². The van der Waals surface area contributed by atoms with Crippen LogP contribution in [-0.2, 0) is 6.42 Å². The Kier molecular flexibility index (Phi) is 4.71. The molecule has 0 saturated heterocycles. The van der Waals surface area contributed by atoms with E-state index in [9.17, 15) is 0 Å². The van der Waals surface area contributed by atoms with Gasteiger partial charge in [0.15, 0.2) is 0 Å². The second kappa shape index (κ2) is 6.49. The molecule has 2 aromatic rings. The number of aromatic nitrogens is 2. The monoisotopic (exact) mass is 260 g/mol. The Morgan fingerprint density at radius 3 is 2.47 bits per heavy atom. The summed E-state index contributed by atoms with van der Waals surface area (Å²) in [5, 5.41) is 26.0. The number of hydrogen-bond acceptors (Lipinski definition) is 5. The fourth-order valence-electron chi connectivity index (χ4n) is 1.80. The molecule has 0 radical (unpaired) electrons. The minimum atomic E-state index is -1.46. The fraction of sp³-hybridized carbons (Fsp3) is 0.385. The van der Waals surface area contributed by atoms with E-state index in [1.807, 2.05) is 0 Å². The van der Waals surface area contributed by atoms with Crippen LogP contribution in [0.4, 0.5) is 0 Å². The molecule has 0 amide bonds. The maximum Gasteiger partial charge on any atom is 0.488 e. The molecule has 0 fully saturated rings. The van der Waals surface area contributed by atoms with Crippen molar-refractivity contribution in [3.8, 4) is 11.5 Å². The lowest BCUT2D eigenvalue weighted by Gasteiger charge is -1.99. The van der Waals surface area contributed by atoms with Gasteiger partial charge in [-0.25, -0.2) is 0 Å². The zero-order chi connectivity index (χ0) is 13.7. The molecule has 0 aliphatic rings. The van der Waals surface area contributed by atoms with E-state index in [1.54, 1.807) is 24.3 Å². The quantitative estimate of drug-likeness (QED) is 0.601. The third-order valence-corrected chi connectivity index (χ3v) is 2.92. The number of rotatable bonds is 6. The molecule has 1 aromatic heterocycles. The molecule has 1 aromatic carbocycles. The smallest absolute Gasteiger partial charge is 0.423 e. The Hall–Kier alpha value is -1.66. The van der Waals surface area contributed by atoms with E-state index < -0.39 is 7.12 Å². The first-order valence-corrected chi connectivity index (χ1v) is 6.49. The molecule has 0 spiro atoms. The van der Waals surface area contributed by atoms with Crippen LogP contribution < -0.4 is 5.46 Å². The number of nitrogens with zero attached hydrogens (tertiary/aromatic N) is 2. The summed E-state index contributed by atoms with van der Waals surface area (Å²) in [5.74, 6) is 1.11. The van der Waals surface area contributed by atoms with Crippen molar-refractivity contribution in [2.24, 2.45) is 0 Å². The van der Waals surface area contributed by atoms with Gasteiger partial charge in [-0.3, -0.25) is 0 Å². The van der Waals surface area contributed by atoms with Crippen LogP contribution in [0.25, 0.3) is 11.5 Å². The Morgan fingerprint density at radius 1 is 1.11 bits per heavy atom. The zero-order valence-electron chi connectivity index (χ0n) is 10.9. The summed E-state index contributed by atoms with van der Waals surface area (Å²) >= 11 is 0. The van der Waals surface area contributed by atoms with Crippen molar-refractivity contribution in [3.05, 3.63) is 30.2 Å². The van der Waals surface area contributed by atoms with E-state index in [0.717, 1.165) is 31.2 Å². The second-order valence-corrected chi connectivity index (χ2v) is 4.45. The summed E-state index contributed by atoms with van der Waals surface area (Å²) < 4.78 is 5.57. The van der Waals surface area contributed by atoms with Gasteiger partial charge in [-0.1, -0.05) is 31.9 Å². The summed E-state index contributed by atoms with van der Waals surface area (Å²) in [6, 6.07) is 6.72. The first-order chi connectivity index (χ1) is 9.20. The van der Waals surface area contributed by atoms with E-state index in [1.165, 1.54) is 0 Å². The third-order valence-electron chi connectivity index (χ3n) is 2.92. The van der Waals surface area contributed by atoms with Gasteiger partial charge >= 0.3 is 7.12 Å². The van der Waals surface area contributed by atoms with E-state index in [0.29, 0.717) is 17.2 Å². The second-order valence-electron chi connectivity index (χ2n) is 4.45. The minimum Gasteiger partial charge on any atom is -0.423 e. The number of hydrogen-bond donors (Lipinski definition) is 2. The molecule has 0 saturated carbocycles. The van der Waals surface area contributed by atoms with Gasteiger partial charge in [0.25, 0.3) is 0 Å².